The molecule has 0 atom stereocenters. The van der Waals surface area contributed by atoms with Gasteiger partial charge in [0.25, 0.3) is 5.91 Å². The second-order valence-corrected chi connectivity index (χ2v) is 8.21. The van der Waals surface area contributed by atoms with Crippen LogP contribution in [-0.4, -0.2) is 18.5 Å². The van der Waals surface area contributed by atoms with E-state index in [0.717, 1.165) is 16.7 Å². The van der Waals surface area contributed by atoms with Gasteiger partial charge >= 0.3 is 5.97 Å². The van der Waals surface area contributed by atoms with Gasteiger partial charge in [-0.05, 0) is 43.5 Å². The molecule has 0 bridgehead atoms. The van der Waals surface area contributed by atoms with Gasteiger partial charge in [-0.25, -0.2) is 4.79 Å². The fraction of sp³-hybridized carbons (Fsp3) is 0.160. The van der Waals surface area contributed by atoms with Gasteiger partial charge in [0, 0.05) is 17.0 Å². The molecule has 0 saturated carbocycles. The summed E-state index contributed by atoms with van der Waals surface area (Å²) in [5, 5.41) is 5.27. The van der Waals surface area contributed by atoms with Crippen LogP contribution in [-0.2, 0) is 4.74 Å². The molecule has 0 unspecified atom stereocenters. The standard InChI is InChI=1S/C25H21NO5S/c1-4-30-25(29)21-18(16-8-6-5-7-9-16)13-32-24(21)26-23(28)20-12-19(27)17-11-14(2)10-15(3)22(17)31-20/h5-13H,4H2,1-3H3,(H,26,28). The van der Waals surface area contributed by atoms with Crippen molar-refractivity contribution in [2.75, 3.05) is 11.9 Å². The molecule has 0 aliphatic carbocycles. The van der Waals surface area contributed by atoms with Crippen molar-refractivity contribution >= 4 is 39.2 Å². The number of aryl methyl sites for hydroxylation is 2. The summed E-state index contributed by atoms with van der Waals surface area (Å²) >= 11 is 1.21. The Labute approximate surface area is 188 Å². The minimum Gasteiger partial charge on any atom is -0.462 e. The van der Waals surface area contributed by atoms with E-state index in [2.05, 4.69) is 5.32 Å². The van der Waals surface area contributed by atoms with E-state index in [1.165, 1.54) is 17.4 Å². The van der Waals surface area contributed by atoms with Gasteiger partial charge in [0.05, 0.1) is 12.0 Å². The van der Waals surface area contributed by atoms with Crippen molar-refractivity contribution in [3.8, 4) is 11.1 Å². The van der Waals surface area contributed by atoms with Gasteiger partial charge < -0.3 is 14.5 Å². The molecule has 2 aromatic heterocycles. The molecule has 2 aromatic carbocycles. The smallest absolute Gasteiger partial charge is 0.341 e. The topological polar surface area (TPSA) is 85.6 Å². The Hall–Kier alpha value is -3.71. The highest BCUT2D eigenvalue weighted by Crippen LogP contribution is 2.36. The van der Waals surface area contributed by atoms with Crippen LogP contribution in [0.15, 0.2) is 63.1 Å². The van der Waals surface area contributed by atoms with Gasteiger partial charge in [0.1, 0.15) is 16.1 Å². The number of nitrogens with one attached hydrogen (secondary N) is 1. The molecule has 32 heavy (non-hydrogen) atoms. The summed E-state index contributed by atoms with van der Waals surface area (Å²) in [7, 11) is 0. The number of rotatable bonds is 5. The normalized spacial score (nSPS) is 10.8. The van der Waals surface area contributed by atoms with Gasteiger partial charge in [0.15, 0.2) is 11.2 Å². The molecule has 6 nitrogen and oxygen atoms in total. The minimum absolute atomic E-state index is 0.126. The fourth-order valence-corrected chi connectivity index (χ4v) is 4.52. The second-order valence-electron chi connectivity index (χ2n) is 7.33. The van der Waals surface area contributed by atoms with E-state index in [0.29, 0.717) is 21.5 Å². The van der Waals surface area contributed by atoms with Crippen LogP contribution >= 0.6 is 11.3 Å². The minimum atomic E-state index is -0.615. The Morgan fingerprint density at radius 2 is 1.84 bits per heavy atom. The Kier molecular flexibility index (Phi) is 5.92. The molecule has 0 aliphatic rings. The summed E-state index contributed by atoms with van der Waals surface area (Å²) in [4.78, 5) is 38.3. The Bertz CT molecular complexity index is 1380. The number of thiophene rings is 1. The first kappa shape index (κ1) is 21.5. The quantitative estimate of drug-likeness (QED) is 0.405. The molecule has 4 aromatic rings. The largest absolute Gasteiger partial charge is 0.462 e. The van der Waals surface area contributed by atoms with Gasteiger partial charge in [-0.3, -0.25) is 9.59 Å². The SMILES string of the molecule is CCOC(=O)c1c(-c2ccccc2)csc1NC(=O)c1cc(=O)c2cc(C)cc(C)c2o1. The molecule has 162 valence electrons. The summed E-state index contributed by atoms with van der Waals surface area (Å²) in [6, 6.07) is 14.2. The van der Waals surface area contributed by atoms with Crippen LogP contribution < -0.4 is 10.7 Å². The number of fused-ring (bicyclic) bond motifs is 1. The molecule has 1 N–H and O–H groups in total. The number of esters is 1. The number of anilines is 1. The Balaban J connectivity index is 1.74. The molecule has 0 fully saturated rings. The highest BCUT2D eigenvalue weighted by molar-refractivity contribution is 7.15. The number of ether oxygens (including phenoxy) is 1. The van der Waals surface area contributed by atoms with Crippen molar-refractivity contribution in [1.82, 2.24) is 0 Å². The Morgan fingerprint density at radius 1 is 1.09 bits per heavy atom. The summed E-state index contributed by atoms with van der Waals surface area (Å²) < 4.78 is 11.0. The predicted octanol–water partition coefficient (Wildman–Crippen LogP) is 5.57. The van der Waals surface area contributed by atoms with Crippen LogP contribution in [0.1, 0.15) is 39.0 Å². The first-order valence-corrected chi connectivity index (χ1v) is 11.0. The van der Waals surface area contributed by atoms with E-state index >= 15 is 0 Å². The van der Waals surface area contributed by atoms with E-state index in [1.54, 1.807) is 18.4 Å². The molecule has 0 spiro atoms. The number of hydrogen-bond acceptors (Lipinski definition) is 6. The molecular formula is C25H21NO5S. The first-order valence-electron chi connectivity index (χ1n) is 10.1. The zero-order valence-corrected chi connectivity index (χ0v) is 18.7. The lowest BCUT2D eigenvalue weighted by molar-refractivity contribution is 0.0529. The van der Waals surface area contributed by atoms with E-state index in [-0.39, 0.29) is 23.4 Å². The van der Waals surface area contributed by atoms with E-state index in [4.69, 9.17) is 9.15 Å². The lowest BCUT2D eigenvalue weighted by Gasteiger charge is -2.09. The molecule has 7 heteroatoms. The van der Waals surface area contributed by atoms with Crippen LogP contribution in [0.3, 0.4) is 0 Å². The summed E-state index contributed by atoms with van der Waals surface area (Å²) in [5.74, 6) is -1.27. The maximum absolute atomic E-state index is 13.0. The molecule has 0 radical (unpaired) electrons. The highest BCUT2D eigenvalue weighted by Gasteiger charge is 2.24. The fourth-order valence-electron chi connectivity index (χ4n) is 3.57. The first-order chi connectivity index (χ1) is 15.4. The van der Waals surface area contributed by atoms with Gasteiger partial charge in [-0.1, -0.05) is 36.4 Å². The molecule has 0 saturated heterocycles. The molecule has 2 heterocycles. The van der Waals surface area contributed by atoms with Crippen molar-refractivity contribution in [2.24, 2.45) is 0 Å². The number of carbonyl (C=O) groups is 2. The molecule has 0 aliphatic heterocycles. The Morgan fingerprint density at radius 3 is 2.56 bits per heavy atom. The van der Waals surface area contributed by atoms with Gasteiger partial charge in [-0.15, -0.1) is 11.3 Å². The summed E-state index contributed by atoms with van der Waals surface area (Å²) in [6.07, 6.45) is 0. The van der Waals surface area contributed by atoms with Gasteiger partial charge in [0.2, 0.25) is 0 Å². The van der Waals surface area contributed by atoms with E-state index in [1.807, 2.05) is 50.2 Å². The van der Waals surface area contributed by atoms with Crippen molar-refractivity contribution in [3.05, 3.63) is 86.6 Å². The van der Waals surface area contributed by atoms with Crippen LogP contribution in [0.2, 0.25) is 0 Å². The average Bonchev–Trinajstić information content (AvgIpc) is 3.18. The van der Waals surface area contributed by atoms with Crippen LogP contribution in [0.25, 0.3) is 22.1 Å². The van der Waals surface area contributed by atoms with Crippen molar-refractivity contribution in [3.63, 3.8) is 0 Å². The summed E-state index contributed by atoms with van der Waals surface area (Å²) in [6.45, 7) is 5.64. The number of carbonyl (C=O) groups excluding carboxylic acids is 2. The van der Waals surface area contributed by atoms with Crippen molar-refractivity contribution < 1.29 is 18.7 Å². The lowest BCUT2D eigenvalue weighted by atomic mass is 10.0. The zero-order valence-electron chi connectivity index (χ0n) is 17.9. The predicted molar refractivity (Wildman–Crippen MR) is 126 cm³/mol. The summed E-state index contributed by atoms with van der Waals surface area (Å²) in [5.41, 5.74) is 3.53. The number of hydrogen-bond donors (Lipinski definition) is 1. The molecule has 1 amide bonds. The maximum Gasteiger partial charge on any atom is 0.341 e. The van der Waals surface area contributed by atoms with Crippen molar-refractivity contribution in [2.45, 2.75) is 20.8 Å². The van der Waals surface area contributed by atoms with E-state index in [9.17, 15) is 14.4 Å². The van der Waals surface area contributed by atoms with Crippen LogP contribution in [0, 0.1) is 13.8 Å². The van der Waals surface area contributed by atoms with Crippen LogP contribution in [0.5, 0.6) is 0 Å². The zero-order chi connectivity index (χ0) is 22.8. The third kappa shape index (κ3) is 4.07. The van der Waals surface area contributed by atoms with E-state index < -0.39 is 11.9 Å². The second kappa shape index (κ2) is 8.80. The number of benzene rings is 2. The molecular weight excluding hydrogens is 426 g/mol. The third-order valence-corrected chi connectivity index (χ3v) is 5.86. The highest BCUT2D eigenvalue weighted by atomic mass is 32.1. The molecule has 4 rings (SSSR count). The van der Waals surface area contributed by atoms with Crippen LogP contribution in [0.4, 0.5) is 5.00 Å². The average molecular weight is 448 g/mol. The third-order valence-electron chi connectivity index (χ3n) is 4.96. The monoisotopic (exact) mass is 447 g/mol. The number of amides is 1. The maximum atomic E-state index is 13.0. The lowest BCUT2D eigenvalue weighted by Crippen LogP contribution is -2.17. The van der Waals surface area contributed by atoms with Crippen molar-refractivity contribution in [1.29, 1.82) is 0 Å². The van der Waals surface area contributed by atoms with Gasteiger partial charge in [-0.2, -0.15) is 0 Å².